The Bertz CT molecular complexity index is 641. The molecule has 0 spiro atoms. The highest BCUT2D eigenvalue weighted by molar-refractivity contribution is 9.10. The third-order valence-electron chi connectivity index (χ3n) is 3.63. The summed E-state index contributed by atoms with van der Waals surface area (Å²) in [6, 6.07) is 7.94. The summed E-state index contributed by atoms with van der Waals surface area (Å²) in [6.07, 6.45) is 0.766. The molecule has 20 heavy (non-hydrogen) atoms. The van der Waals surface area contributed by atoms with Gasteiger partial charge in [-0.25, -0.2) is 0 Å². The first-order chi connectivity index (χ1) is 9.65. The molecule has 1 aliphatic heterocycles. The first-order valence-electron chi connectivity index (χ1n) is 6.42. The van der Waals surface area contributed by atoms with Gasteiger partial charge in [0.25, 0.3) is 0 Å². The average molecular weight is 352 g/mol. The van der Waals surface area contributed by atoms with Crippen molar-refractivity contribution in [2.75, 3.05) is 11.9 Å². The standard InChI is InChI=1S/C15H14BrNO2S/c1-2-15(10-5-6-20-9-10)12-7-11(16)3-4-13(12)17-14(18)8-19-15/h3-7,9H,2,8H2,1H3,(H,17,18). The summed E-state index contributed by atoms with van der Waals surface area (Å²) >= 11 is 5.15. The van der Waals surface area contributed by atoms with Crippen LogP contribution >= 0.6 is 27.3 Å². The lowest BCUT2D eigenvalue weighted by atomic mass is 9.84. The number of halogens is 1. The van der Waals surface area contributed by atoms with E-state index in [2.05, 4.69) is 39.6 Å². The molecule has 1 aromatic carbocycles. The summed E-state index contributed by atoms with van der Waals surface area (Å²) in [7, 11) is 0. The van der Waals surface area contributed by atoms with Crippen molar-refractivity contribution in [1.29, 1.82) is 0 Å². The van der Waals surface area contributed by atoms with Gasteiger partial charge in [0.05, 0.1) is 0 Å². The SMILES string of the molecule is CCC1(c2ccsc2)OCC(=O)Nc2ccc(Br)cc21. The van der Waals surface area contributed by atoms with E-state index in [1.54, 1.807) is 11.3 Å². The van der Waals surface area contributed by atoms with Gasteiger partial charge in [-0.1, -0.05) is 22.9 Å². The molecule has 0 saturated heterocycles. The number of carbonyl (C=O) groups excluding carboxylic acids is 1. The molecule has 1 N–H and O–H groups in total. The van der Waals surface area contributed by atoms with Crippen LogP contribution in [0.25, 0.3) is 0 Å². The topological polar surface area (TPSA) is 38.3 Å². The van der Waals surface area contributed by atoms with E-state index in [0.29, 0.717) is 0 Å². The van der Waals surface area contributed by atoms with E-state index in [9.17, 15) is 4.79 Å². The maximum absolute atomic E-state index is 11.9. The zero-order valence-corrected chi connectivity index (χ0v) is 13.4. The molecule has 3 rings (SSSR count). The van der Waals surface area contributed by atoms with E-state index in [4.69, 9.17) is 4.74 Å². The number of anilines is 1. The fourth-order valence-electron chi connectivity index (χ4n) is 2.64. The van der Waals surface area contributed by atoms with Crippen LogP contribution in [0.5, 0.6) is 0 Å². The second-order valence-corrected chi connectivity index (χ2v) is 6.42. The van der Waals surface area contributed by atoms with Crippen LogP contribution < -0.4 is 5.32 Å². The first kappa shape index (κ1) is 13.8. The van der Waals surface area contributed by atoms with Gasteiger partial charge in [-0.3, -0.25) is 4.79 Å². The second kappa shape index (κ2) is 5.31. The molecule has 0 bridgehead atoms. The number of rotatable bonds is 2. The zero-order chi connectivity index (χ0) is 14.2. The number of hydrogen-bond donors (Lipinski definition) is 1. The van der Waals surface area contributed by atoms with Gasteiger partial charge in [-0.15, -0.1) is 0 Å². The lowest BCUT2D eigenvalue weighted by Gasteiger charge is -2.32. The van der Waals surface area contributed by atoms with Crippen molar-refractivity contribution in [2.45, 2.75) is 18.9 Å². The minimum atomic E-state index is -0.571. The summed E-state index contributed by atoms with van der Waals surface area (Å²) in [6.45, 7) is 2.15. The number of ether oxygens (including phenoxy) is 1. The van der Waals surface area contributed by atoms with Crippen molar-refractivity contribution in [1.82, 2.24) is 0 Å². The highest BCUT2D eigenvalue weighted by Crippen LogP contribution is 2.43. The number of amides is 1. The fraction of sp³-hybridized carbons (Fsp3) is 0.267. The molecule has 0 aliphatic carbocycles. The highest BCUT2D eigenvalue weighted by Gasteiger charge is 2.39. The Kier molecular flexibility index (Phi) is 3.67. The van der Waals surface area contributed by atoms with E-state index in [-0.39, 0.29) is 12.5 Å². The molecule has 3 nitrogen and oxygen atoms in total. The van der Waals surface area contributed by atoms with Crippen molar-refractivity contribution in [3.63, 3.8) is 0 Å². The fourth-order valence-corrected chi connectivity index (χ4v) is 3.72. The van der Waals surface area contributed by atoms with Gasteiger partial charge >= 0.3 is 0 Å². The molecule has 1 unspecified atom stereocenters. The molecule has 2 aromatic rings. The predicted molar refractivity (Wildman–Crippen MR) is 84.1 cm³/mol. The number of benzene rings is 1. The Morgan fingerprint density at radius 3 is 3.00 bits per heavy atom. The molecule has 1 aromatic heterocycles. The second-order valence-electron chi connectivity index (χ2n) is 4.72. The third-order valence-corrected chi connectivity index (χ3v) is 4.80. The predicted octanol–water partition coefficient (Wildman–Crippen LogP) is 4.13. The molecule has 0 fully saturated rings. The van der Waals surface area contributed by atoms with Crippen molar-refractivity contribution in [2.24, 2.45) is 0 Å². The van der Waals surface area contributed by atoms with Gasteiger partial charge in [-0.2, -0.15) is 11.3 Å². The lowest BCUT2D eigenvalue weighted by Crippen LogP contribution is -2.30. The number of hydrogen-bond acceptors (Lipinski definition) is 3. The number of thiophene rings is 1. The molecular weight excluding hydrogens is 338 g/mol. The smallest absolute Gasteiger partial charge is 0.250 e. The Labute approximate surface area is 130 Å². The number of nitrogens with one attached hydrogen (secondary N) is 1. The molecule has 1 amide bonds. The molecule has 1 aliphatic rings. The Balaban J connectivity index is 2.25. The summed E-state index contributed by atoms with van der Waals surface area (Å²) in [5.74, 6) is -0.112. The Morgan fingerprint density at radius 1 is 1.45 bits per heavy atom. The van der Waals surface area contributed by atoms with Crippen molar-refractivity contribution >= 4 is 38.9 Å². The maximum atomic E-state index is 11.9. The molecule has 0 saturated carbocycles. The Hall–Kier alpha value is -1.17. The third kappa shape index (κ3) is 2.20. The van der Waals surface area contributed by atoms with Crippen LogP contribution in [0.4, 0.5) is 5.69 Å². The summed E-state index contributed by atoms with van der Waals surface area (Å²) in [5, 5.41) is 7.04. The van der Waals surface area contributed by atoms with Crippen molar-refractivity contribution in [3.05, 3.63) is 50.6 Å². The largest absolute Gasteiger partial charge is 0.356 e. The molecular formula is C15H14BrNO2S. The van der Waals surface area contributed by atoms with E-state index >= 15 is 0 Å². The molecule has 2 heterocycles. The van der Waals surface area contributed by atoms with Crippen molar-refractivity contribution in [3.8, 4) is 0 Å². The van der Waals surface area contributed by atoms with Crippen LogP contribution in [0.1, 0.15) is 24.5 Å². The van der Waals surface area contributed by atoms with Crippen LogP contribution in [0.15, 0.2) is 39.5 Å². The van der Waals surface area contributed by atoms with Crippen LogP contribution in [0.3, 0.4) is 0 Å². The molecule has 5 heteroatoms. The van der Waals surface area contributed by atoms with Gasteiger partial charge in [0.15, 0.2) is 0 Å². The van der Waals surface area contributed by atoms with Gasteiger partial charge in [0, 0.05) is 15.7 Å². The monoisotopic (exact) mass is 351 g/mol. The van der Waals surface area contributed by atoms with Crippen molar-refractivity contribution < 1.29 is 9.53 Å². The quantitative estimate of drug-likeness (QED) is 0.883. The normalized spacial score (nSPS) is 22.0. The minimum Gasteiger partial charge on any atom is -0.356 e. The van der Waals surface area contributed by atoms with Crippen LogP contribution in [-0.4, -0.2) is 12.5 Å². The average Bonchev–Trinajstić information content (AvgIpc) is 2.93. The molecule has 1 atom stereocenters. The first-order valence-corrected chi connectivity index (χ1v) is 8.16. The summed E-state index contributed by atoms with van der Waals surface area (Å²) in [4.78, 5) is 11.9. The Morgan fingerprint density at radius 2 is 2.30 bits per heavy atom. The highest BCUT2D eigenvalue weighted by atomic mass is 79.9. The lowest BCUT2D eigenvalue weighted by molar-refractivity contribution is -0.125. The maximum Gasteiger partial charge on any atom is 0.250 e. The van der Waals surface area contributed by atoms with Crippen LogP contribution in [0, 0.1) is 0 Å². The van der Waals surface area contributed by atoms with Gasteiger partial charge in [-0.05, 0) is 47.0 Å². The van der Waals surface area contributed by atoms with Gasteiger partial charge in [0.1, 0.15) is 12.2 Å². The van der Waals surface area contributed by atoms with E-state index in [0.717, 1.165) is 27.7 Å². The van der Waals surface area contributed by atoms with E-state index < -0.39 is 5.60 Å². The van der Waals surface area contributed by atoms with E-state index in [1.807, 2.05) is 23.6 Å². The van der Waals surface area contributed by atoms with E-state index in [1.165, 1.54) is 0 Å². The van der Waals surface area contributed by atoms with Crippen LogP contribution in [-0.2, 0) is 15.1 Å². The van der Waals surface area contributed by atoms with Gasteiger partial charge < -0.3 is 10.1 Å². The molecule has 0 radical (unpaired) electrons. The summed E-state index contributed by atoms with van der Waals surface area (Å²) < 4.78 is 7.03. The van der Waals surface area contributed by atoms with Crippen LogP contribution in [0.2, 0.25) is 0 Å². The number of fused-ring (bicyclic) bond motifs is 1. The number of carbonyl (C=O) groups is 1. The summed E-state index contributed by atoms with van der Waals surface area (Å²) in [5.41, 5.74) is 2.35. The zero-order valence-electron chi connectivity index (χ0n) is 11.0. The molecule has 104 valence electrons. The van der Waals surface area contributed by atoms with Gasteiger partial charge in [0.2, 0.25) is 5.91 Å². The minimum absolute atomic E-state index is 0.0655.